The fraction of sp³-hybridized carbons (Fsp3) is 0.360. The van der Waals surface area contributed by atoms with Gasteiger partial charge in [0, 0.05) is 43.4 Å². The first-order chi connectivity index (χ1) is 16.6. The minimum Gasteiger partial charge on any atom is -0.661 e. The molecule has 0 atom stereocenters. The molecule has 35 heavy (non-hydrogen) atoms. The monoisotopic (exact) mass is 497 g/mol. The Balaban J connectivity index is 0.000000202. The summed E-state index contributed by atoms with van der Waals surface area (Å²) < 4.78 is 1.73. The number of aromatic nitrogens is 6. The van der Waals surface area contributed by atoms with E-state index >= 15 is 0 Å². The van der Waals surface area contributed by atoms with Crippen molar-refractivity contribution >= 4 is 17.5 Å². The smallest absolute Gasteiger partial charge is 0.661 e. The van der Waals surface area contributed by atoms with Crippen LogP contribution >= 0.6 is 0 Å². The van der Waals surface area contributed by atoms with Crippen LogP contribution in [0.3, 0.4) is 0 Å². The molecule has 2 N–H and O–H groups in total. The normalized spacial score (nSPS) is 12.9. The number of hydrogen-bond acceptors (Lipinski definition) is 6. The van der Waals surface area contributed by atoms with Gasteiger partial charge in [0.15, 0.2) is 11.6 Å². The molecule has 1 aliphatic heterocycles. The summed E-state index contributed by atoms with van der Waals surface area (Å²) >= 11 is 0. The second kappa shape index (κ2) is 13.9. The van der Waals surface area contributed by atoms with Crippen molar-refractivity contribution in [3.8, 4) is 5.82 Å². The number of H-pyrrole nitrogens is 1. The summed E-state index contributed by atoms with van der Waals surface area (Å²) in [6.07, 6.45) is 9.28. The zero-order chi connectivity index (χ0) is 23.8. The average Bonchev–Trinajstić information content (AvgIpc) is 3.53. The second-order valence-corrected chi connectivity index (χ2v) is 8.45. The summed E-state index contributed by atoms with van der Waals surface area (Å²) in [4.78, 5) is 11.4. The number of hydrogen-bond donors (Lipinski definition) is 2. The van der Waals surface area contributed by atoms with Crippen molar-refractivity contribution in [3.05, 3.63) is 77.1 Å². The number of aryl methyl sites for hydroxylation is 2. The second-order valence-electron chi connectivity index (χ2n) is 8.45. The van der Waals surface area contributed by atoms with Gasteiger partial charge in [-0.05, 0) is 62.9 Å². The maximum absolute atomic E-state index is 4.72. The van der Waals surface area contributed by atoms with Crippen LogP contribution in [0.2, 0.25) is 0 Å². The zero-order valence-corrected chi connectivity index (χ0v) is 24.2. The first kappa shape index (κ1) is 27.5. The molecule has 0 unspecified atom stereocenters. The summed E-state index contributed by atoms with van der Waals surface area (Å²) in [6, 6.07) is 12.0. The Hall–Kier alpha value is -2.08. The molecule has 0 radical (unpaired) electrons. The van der Waals surface area contributed by atoms with Crippen LogP contribution in [0.25, 0.3) is 11.1 Å². The quantitative estimate of drug-likeness (QED) is 0.395. The van der Waals surface area contributed by atoms with Gasteiger partial charge >= 0.3 is 51.4 Å². The summed E-state index contributed by atoms with van der Waals surface area (Å²) in [6.45, 7) is 7.03. The van der Waals surface area contributed by atoms with Gasteiger partial charge in [-0.3, -0.25) is 5.10 Å². The molecular formula is C25H32KN9. The van der Waals surface area contributed by atoms with Crippen molar-refractivity contribution in [3.63, 3.8) is 0 Å². The maximum atomic E-state index is 4.72. The van der Waals surface area contributed by atoms with Crippen LogP contribution in [0.1, 0.15) is 36.1 Å². The predicted octanol–water partition coefficient (Wildman–Crippen LogP) is 1.93. The van der Waals surface area contributed by atoms with Crippen LogP contribution in [-0.2, 0) is 6.54 Å². The minimum absolute atomic E-state index is 0. The van der Waals surface area contributed by atoms with E-state index in [1.54, 1.807) is 17.9 Å². The molecule has 1 saturated heterocycles. The zero-order valence-electron chi connectivity index (χ0n) is 21.1. The molecule has 4 aromatic heterocycles. The van der Waals surface area contributed by atoms with Crippen LogP contribution < -0.4 is 61.6 Å². The Morgan fingerprint density at radius 3 is 2.49 bits per heavy atom. The fourth-order valence-electron chi connectivity index (χ4n) is 3.84. The van der Waals surface area contributed by atoms with Gasteiger partial charge in [-0.25, -0.2) is 14.6 Å². The van der Waals surface area contributed by atoms with Crippen molar-refractivity contribution in [2.75, 3.05) is 30.4 Å². The third kappa shape index (κ3) is 8.23. The van der Waals surface area contributed by atoms with E-state index in [0.29, 0.717) is 6.54 Å². The van der Waals surface area contributed by atoms with Crippen LogP contribution in [0.4, 0.5) is 17.5 Å². The van der Waals surface area contributed by atoms with Gasteiger partial charge in [0.1, 0.15) is 11.6 Å². The Morgan fingerprint density at radius 1 is 1.03 bits per heavy atom. The minimum atomic E-state index is 0. The SMILES string of the molecule is C[N-]Cc1ccc(-n2cccn2)nc1.Cc1cc(Nc2cc(C)[nH]n2)nc(N2CCCCC2)c1.[K+]. The first-order valence-electron chi connectivity index (χ1n) is 11.6. The predicted molar refractivity (Wildman–Crippen MR) is 136 cm³/mol. The van der Waals surface area contributed by atoms with E-state index in [1.807, 2.05) is 43.6 Å². The number of nitrogens with zero attached hydrogens (tertiary/aromatic N) is 7. The van der Waals surface area contributed by atoms with Gasteiger partial charge in [-0.1, -0.05) is 11.6 Å². The molecule has 5 heterocycles. The van der Waals surface area contributed by atoms with Crippen LogP contribution in [0.5, 0.6) is 0 Å². The first-order valence-corrected chi connectivity index (χ1v) is 11.6. The maximum Gasteiger partial charge on any atom is 1.00 e. The third-order valence-electron chi connectivity index (χ3n) is 5.49. The molecule has 4 aromatic rings. The summed E-state index contributed by atoms with van der Waals surface area (Å²) in [5.74, 6) is 3.57. The number of aromatic amines is 1. The van der Waals surface area contributed by atoms with Gasteiger partial charge in [0.2, 0.25) is 0 Å². The molecule has 0 saturated carbocycles. The van der Waals surface area contributed by atoms with E-state index in [4.69, 9.17) is 4.98 Å². The van der Waals surface area contributed by atoms with Gasteiger partial charge < -0.3 is 15.5 Å². The van der Waals surface area contributed by atoms with Gasteiger partial charge in [-0.2, -0.15) is 17.2 Å². The number of nitrogens with one attached hydrogen (secondary N) is 2. The topological polar surface area (TPSA) is 102 Å². The molecule has 0 amide bonds. The van der Waals surface area contributed by atoms with Crippen molar-refractivity contribution in [1.82, 2.24) is 29.9 Å². The summed E-state index contributed by atoms with van der Waals surface area (Å²) in [5, 5.41) is 18.5. The van der Waals surface area contributed by atoms with E-state index < -0.39 is 0 Å². The van der Waals surface area contributed by atoms with Gasteiger partial charge in [-0.15, -0.1) is 6.54 Å². The molecule has 10 heteroatoms. The molecule has 5 rings (SSSR count). The molecule has 0 bridgehead atoms. The van der Waals surface area contributed by atoms with E-state index in [-0.39, 0.29) is 51.4 Å². The van der Waals surface area contributed by atoms with E-state index in [9.17, 15) is 0 Å². The van der Waals surface area contributed by atoms with E-state index in [0.717, 1.165) is 47.6 Å². The molecule has 0 spiro atoms. The van der Waals surface area contributed by atoms with Gasteiger partial charge in [0.05, 0.1) is 0 Å². The largest absolute Gasteiger partial charge is 1.00 e. The van der Waals surface area contributed by atoms with Crippen molar-refractivity contribution < 1.29 is 51.4 Å². The summed E-state index contributed by atoms with van der Waals surface area (Å²) in [5.41, 5.74) is 3.37. The average molecular weight is 498 g/mol. The molecular weight excluding hydrogens is 465 g/mol. The summed E-state index contributed by atoms with van der Waals surface area (Å²) in [7, 11) is 1.79. The van der Waals surface area contributed by atoms with E-state index in [2.05, 4.69) is 54.9 Å². The molecule has 0 aliphatic carbocycles. The Kier molecular flexibility index (Phi) is 10.9. The standard InChI is InChI=1S/C15H21N5.C10H11N4.K/c1-11-8-13(16-14-10-12(2)18-19-14)17-15(9-11)20-6-4-3-5-7-20;1-11-7-9-3-4-10(12-8-9)14-6-2-5-13-14;/h8-10H,3-7H2,1-2H3,(H2,16,17,18,19);2-6,8H,7H2,1H3;/q;-1;+1. The number of pyridine rings is 2. The van der Waals surface area contributed by atoms with Crippen LogP contribution in [0.15, 0.2) is 55.0 Å². The molecule has 9 nitrogen and oxygen atoms in total. The fourth-order valence-corrected chi connectivity index (χ4v) is 3.84. The van der Waals surface area contributed by atoms with Crippen molar-refractivity contribution in [2.45, 2.75) is 39.7 Å². The number of rotatable bonds is 6. The molecule has 0 aromatic carbocycles. The Morgan fingerprint density at radius 2 is 1.86 bits per heavy atom. The van der Waals surface area contributed by atoms with Crippen molar-refractivity contribution in [2.24, 2.45) is 0 Å². The number of piperidine rings is 1. The van der Waals surface area contributed by atoms with E-state index in [1.165, 1.54) is 24.8 Å². The number of anilines is 3. The van der Waals surface area contributed by atoms with Crippen LogP contribution in [-0.4, -0.2) is 50.1 Å². The molecule has 178 valence electrons. The third-order valence-corrected chi connectivity index (χ3v) is 5.49. The van der Waals surface area contributed by atoms with Gasteiger partial charge in [0.25, 0.3) is 0 Å². The molecule has 1 aliphatic rings. The molecule has 1 fully saturated rings. The van der Waals surface area contributed by atoms with Crippen molar-refractivity contribution in [1.29, 1.82) is 0 Å². The van der Waals surface area contributed by atoms with Crippen LogP contribution in [0, 0.1) is 13.8 Å². The Labute approximate surface area is 249 Å². The Bertz CT molecular complexity index is 1150.